The smallest absolute Gasteiger partial charge is 0.391 e. The highest BCUT2D eigenvalue weighted by molar-refractivity contribution is 6.93. The largest absolute Gasteiger partial charge is 0.653 e. The minimum absolute atomic E-state index is 0.598. The third kappa shape index (κ3) is 13.2. The molecule has 13 heteroatoms. The molecule has 0 saturated carbocycles. The first-order chi connectivity index (χ1) is 18.4. The minimum atomic E-state index is -4.13. The number of rotatable bonds is 22. The molecular formula is C28H62O7Si6. The van der Waals surface area contributed by atoms with Gasteiger partial charge in [-0.1, -0.05) is 50.5 Å². The molecule has 41 heavy (non-hydrogen) atoms. The van der Waals surface area contributed by atoms with Crippen LogP contribution in [0.3, 0.4) is 0 Å². The van der Waals surface area contributed by atoms with Crippen molar-refractivity contribution in [2.24, 2.45) is 0 Å². The Bertz CT molecular complexity index is 769. The van der Waals surface area contributed by atoms with Crippen LogP contribution in [0.2, 0.25) is 52.4 Å². The molecule has 0 heterocycles. The molecule has 0 atom stereocenters. The van der Waals surface area contributed by atoms with Gasteiger partial charge < -0.3 is 29.4 Å². The van der Waals surface area contributed by atoms with Crippen LogP contribution in [0.5, 0.6) is 0 Å². The van der Waals surface area contributed by atoms with Crippen LogP contribution in [-0.2, 0) is 29.4 Å². The van der Waals surface area contributed by atoms with Gasteiger partial charge in [0.2, 0.25) is 33.3 Å². The molecule has 0 unspecified atom stereocenters. The molecule has 0 spiro atoms. The molecule has 0 aliphatic carbocycles. The van der Waals surface area contributed by atoms with Gasteiger partial charge in [-0.2, -0.15) is 0 Å². The van der Waals surface area contributed by atoms with Crippen molar-refractivity contribution in [1.82, 2.24) is 0 Å². The van der Waals surface area contributed by atoms with Gasteiger partial charge in [-0.05, 0) is 91.9 Å². The van der Waals surface area contributed by atoms with Crippen molar-refractivity contribution in [3.05, 3.63) is 49.1 Å². The third-order valence-electron chi connectivity index (χ3n) is 7.50. The Morgan fingerprint density at radius 1 is 0.439 bits per heavy atom. The highest BCUT2D eigenvalue weighted by Crippen LogP contribution is 2.39. The van der Waals surface area contributed by atoms with Crippen molar-refractivity contribution in [2.75, 3.05) is 0 Å². The summed E-state index contributed by atoms with van der Waals surface area (Å²) < 4.78 is 49.4. The van der Waals surface area contributed by atoms with E-state index >= 15 is 0 Å². The van der Waals surface area contributed by atoms with Gasteiger partial charge in [-0.25, -0.2) is 0 Å². The fourth-order valence-corrected chi connectivity index (χ4v) is 22.2. The lowest BCUT2D eigenvalue weighted by Crippen LogP contribution is -2.72. The Labute approximate surface area is 259 Å². The summed E-state index contributed by atoms with van der Waals surface area (Å²) in [7, 11) is -18.6. The maximum Gasteiger partial charge on any atom is 0.653 e. The van der Waals surface area contributed by atoms with Crippen molar-refractivity contribution >= 4 is 51.4 Å². The molecule has 240 valence electrons. The SMILES string of the molecule is C=C[Si](C)(C)O[Si](OC(C)(CC)CC)(O[Si](C)(C)C=C)O[Si](OC(C)(CC)CC)(O[Si](C)(C)C=C)O[Si](C)(C)C=C. The summed E-state index contributed by atoms with van der Waals surface area (Å²) >= 11 is 0. The average Bonchev–Trinajstić information content (AvgIpc) is 2.87. The van der Waals surface area contributed by atoms with E-state index < -0.39 is 62.6 Å². The van der Waals surface area contributed by atoms with E-state index in [-0.39, 0.29) is 0 Å². The quantitative estimate of drug-likeness (QED) is 0.106. The van der Waals surface area contributed by atoms with E-state index in [0.29, 0.717) is 0 Å². The van der Waals surface area contributed by atoms with Gasteiger partial charge in [0.05, 0.1) is 11.2 Å². The van der Waals surface area contributed by atoms with E-state index in [4.69, 9.17) is 29.4 Å². The molecule has 0 bridgehead atoms. The van der Waals surface area contributed by atoms with Crippen LogP contribution < -0.4 is 0 Å². The maximum atomic E-state index is 7.27. The third-order valence-corrected chi connectivity index (χ3v) is 27.3. The van der Waals surface area contributed by atoms with Crippen molar-refractivity contribution in [1.29, 1.82) is 0 Å². The molecule has 0 aromatic heterocycles. The lowest BCUT2D eigenvalue weighted by molar-refractivity contribution is -0.0726. The van der Waals surface area contributed by atoms with Gasteiger partial charge in [0.25, 0.3) is 0 Å². The fourth-order valence-electron chi connectivity index (χ4n) is 3.25. The van der Waals surface area contributed by atoms with E-state index in [1.165, 1.54) is 0 Å². The molecule has 0 rings (SSSR count). The Morgan fingerprint density at radius 3 is 0.780 bits per heavy atom. The summed E-state index contributed by atoms with van der Waals surface area (Å²) in [4.78, 5) is 0. The predicted octanol–water partition coefficient (Wildman–Crippen LogP) is 8.85. The molecule has 0 saturated heterocycles. The van der Waals surface area contributed by atoms with Gasteiger partial charge in [0, 0.05) is 0 Å². The second-order valence-electron chi connectivity index (χ2n) is 13.3. The van der Waals surface area contributed by atoms with Gasteiger partial charge >= 0.3 is 18.1 Å². The first kappa shape index (κ1) is 41.0. The van der Waals surface area contributed by atoms with Crippen molar-refractivity contribution in [3.63, 3.8) is 0 Å². The average molecular weight is 679 g/mol. The molecule has 0 radical (unpaired) electrons. The topological polar surface area (TPSA) is 64.6 Å². The Morgan fingerprint density at radius 2 is 0.634 bits per heavy atom. The van der Waals surface area contributed by atoms with Crippen LogP contribution in [0, 0.1) is 0 Å². The summed E-state index contributed by atoms with van der Waals surface area (Å²) in [5.41, 5.74) is 6.25. The molecule has 0 fully saturated rings. The van der Waals surface area contributed by atoms with Gasteiger partial charge in [0.1, 0.15) is 0 Å². The fraction of sp³-hybridized carbons (Fsp3) is 0.714. The van der Waals surface area contributed by atoms with Crippen LogP contribution in [0.4, 0.5) is 0 Å². The lowest BCUT2D eigenvalue weighted by Gasteiger charge is -2.49. The van der Waals surface area contributed by atoms with Crippen molar-refractivity contribution in [2.45, 2.75) is 131 Å². The molecule has 7 nitrogen and oxygen atoms in total. The maximum absolute atomic E-state index is 7.27. The van der Waals surface area contributed by atoms with Crippen LogP contribution in [0.15, 0.2) is 49.1 Å². The van der Waals surface area contributed by atoms with Crippen molar-refractivity contribution in [3.8, 4) is 0 Å². The van der Waals surface area contributed by atoms with Gasteiger partial charge in [-0.15, -0.1) is 26.3 Å². The normalized spacial score (nSPS) is 14.6. The summed E-state index contributed by atoms with van der Waals surface area (Å²) in [5.74, 6) is 0. The molecule has 0 aliphatic heterocycles. The first-order valence-corrected chi connectivity index (χ1v) is 30.1. The van der Waals surface area contributed by atoms with E-state index in [0.717, 1.165) is 25.7 Å². The Balaban J connectivity index is 7.93. The van der Waals surface area contributed by atoms with E-state index in [2.05, 4.69) is 67.9 Å². The summed E-state index contributed by atoms with van der Waals surface area (Å²) in [6.45, 7) is 45.2. The zero-order chi connectivity index (χ0) is 32.6. The molecule has 0 N–H and O–H groups in total. The summed E-state index contributed by atoms with van der Waals surface area (Å²) in [6.07, 6.45) is 2.89. The predicted molar refractivity (Wildman–Crippen MR) is 188 cm³/mol. The van der Waals surface area contributed by atoms with Gasteiger partial charge in [-0.3, -0.25) is 0 Å². The molecule has 0 amide bonds. The van der Waals surface area contributed by atoms with Crippen LogP contribution >= 0.6 is 0 Å². The van der Waals surface area contributed by atoms with E-state index in [9.17, 15) is 0 Å². The van der Waals surface area contributed by atoms with Gasteiger partial charge in [0.15, 0.2) is 0 Å². The monoisotopic (exact) mass is 678 g/mol. The standard InChI is InChI=1S/C28H62O7Si6/c1-19-27(9,20-2)29-40(31-36(11,12)23-5,32-37(13,14)24-6)35-41(33-38(15,16)25-7,34-39(17,18)26-8)30-28(10,21-3)22-4/h23-26H,5-8,19-22H2,1-4,9-18H3. The van der Waals surface area contributed by atoms with E-state index in [1.807, 2.05) is 75.2 Å². The lowest BCUT2D eigenvalue weighted by atomic mass is 10.0. The second kappa shape index (κ2) is 15.3. The first-order valence-electron chi connectivity index (χ1n) is 14.9. The van der Waals surface area contributed by atoms with E-state index in [1.54, 1.807) is 0 Å². The molecule has 0 aromatic carbocycles. The number of hydrogen-bond acceptors (Lipinski definition) is 7. The zero-order valence-electron chi connectivity index (χ0n) is 28.8. The minimum Gasteiger partial charge on any atom is -0.391 e. The summed E-state index contributed by atoms with van der Waals surface area (Å²) in [6, 6.07) is 0. The zero-order valence-corrected chi connectivity index (χ0v) is 34.8. The Kier molecular flexibility index (Phi) is 15.3. The second-order valence-corrected chi connectivity index (χ2v) is 34.2. The molecule has 0 aliphatic rings. The van der Waals surface area contributed by atoms with Crippen LogP contribution in [-0.4, -0.2) is 62.6 Å². The molecular weight excluding hydrogens is 617 g/mol. The van der Waals surface area contributed by atoms with Crippen LogP contribution in [0.25, 0.3) is 0 Å². The highest BCUT2D eigenvalue weighted by atomic mass is 28.6. The Hall–Kier alpha value is -0.0187. The summed E-state index contributed by atoms with van der Waals surface area (Å²) in [5, 5.41) is 0. The molecule has 0 aromatic rings. The highest BCUT2D eigenvalue weighted by Gasteiger charge is 2.67. The van der Waals surface area contributed by atoms with Crippen LogP contribution in [0.1, 0.15) is 67.2 Å². The number of hydrogen-bond donors (Lipinski definition) is 0. The van der Waals surface area contributed by atoms with Crippen molar-refractivity contribution < 1.29 is 29.4 Å².